The topological polar surface area (TPSA) is 70.0 Å². The maximum absolute atomic E-state index is 13.1. The van der Waals surface area contributed by atoms with Crippen LogP contribution in [0.2, 0.25) is 0 Å². The number of aryl methyl sites for hydroxylation is 1. The third-order valence-corrected chi connectivity index (χ3v) is 4.80. The zero-order chi connectivity index (χ0) is 19.7. The highest BCUT2D eigenvalue weighted by Gasteiger charge is 2.17. The van der Waals surface area contributed by atoms with Crippen LogP contribution in [0.15, 0.2) is 68.6 Å². The summed E-state index contributed by atoms with van der Waals surface area (Å²) in [5.41, 5.74) is 1.58. The molecule has 0 atom stereocenters. The molecule has 2 aromatic carbocycles. The number of hydrogen-bond donors (Lipinski definition) is 0. The van der Waals surface area contributed by atoms with Crippen molar-refractivity contribution < 1.29 is 4.42 Å². The summed E-state index contributed by atoms with van der Waals surface area (Å²) in [4.78, 5) is 30.4. The van der Waals surface area contributed by atoms with Crippen LogP contribution in [0.5, 0.6) is 0 Å². The lowest BCUT2D eigenvalue weighted by Crippen LogP contribution is -2.40. The fourth-order valence-corrected chi connectivity index (χ4v) is 3.37. The van der Waals surface area contributed by atoms with E-state index in [1.807, 2.05) is 56.3 Å². The van der Waals surface area contributed by atoms with Gasteiger partial charge in [-0.15, -0.1) is 0 Å². The predicted octanol–water partition coefficient (Wildman–Crippen LogP) is 3.58. The molecule has 0 fully saturated rings. The molecule has 0 N–H and O–H groups in total. The fraction of sp³-hybridized carbons (Fsp3) is 0.227. The second-order valence-electron chi connectivity index (χ2n) is 6.73. The van der Waals surface area contributed by atoms with Crippen molar-refractivity contribution in [1.82, 2.24) is 14.1 Å². The van der Waals surface area contributed by atoms with E-state index in [9.17, 15) is 9.59 Å². The average Bonchev–Trinajstić information content (AvgIpc) is 3.09. The van der Waals surface area contributed by atoms with Gasteiger partial charge in [-0.3, -0.25) is 13.9 Å². The van der Waals surface area contributed by atoms with E-state index in [1.165, 1.54) is 4.57 Å². The van der Waals surface area contributed by atoms with E-state index in [1.54, 1.807) is 16.7 Å². The van der Waals surface area contributed by atoms with Crippen LogP contribution >= 0.6 is 0 Å². The van der Waals surface area contributed by atoms with Gasteiger partial charge in [0.2, 0.25) is 5.89 Å². The summed E-state index contributed by atoms with van der Waals surface area (Å²) < 4.78 is 8.74. The molecule has 0 saturated heterocycles. The molecule has 0 unspecified atom stereocenters. The standard InChI is InChI=1S/C22H21N3O3/c1-3-13-24-21(26)17-11-7-8-12-19(17)25(22(24)27)14-18-15(2)28-20(23-18)16-9-5-4-6-10-16/h4-12H,3,13-14H2,1-2H3. The van der Waals surface area contributed by atoms with Gasteiger partial charge in [-0.25, -0.2) is 9.78 Å². The molecule has 28 heavy (non-hydrogen) atoms. The fourth-order valence-electron chi connectivity index (χ4n) is 3.37. The zero-order valence-electron chi connectivity index (χ0n) is 15.9. The lowest BCUT2D eigenvalue weighted by molar-refractivity contribution is 0.535. The second kappa shape index (κ2) is 7.31. The molecule has 2 heterocycles. The van der Waals surface area contributed by atoms with E-state index in [-0.39, 0.29) is 17.8 Å². The summed E-state index contributed by atoms with van der Waals surface area (Å²) >= 11 is 0. The highest BCUT2D eigenvalue weighted by Crippen LogP contribution is 2.22. The molecule has 4 rings (SSSR count). The van der Waals surface area contributed by atoms with E-state index < -0.39 is 0 Å². The molecule has 0 aliphatic carbocycles. The Labute approximate surface area is 161 Å². The first-order chi connectivity index (χ1) is 13.6. The third kappa shape index (κ3) is 3.07. The molecule has 0 aliphatic rings. The summed E-state index contributed by atoms with van der Waals surface area (Å²) in [5, 5.41) is 0.528. The van der Waals surface area contributed by atoms with Crippen molar-refractivity contribution >= 4 is 10.9 Å². The molecule has 0 radical (unpaired) electrons. The van der Waals surface area contributed by atoms with Gasteiger partial charge in [0.05, 0.1) is 17.4 Å². The van der Waals surface area contributed by atoms with Crippen molar-refractivity contribution in [1.29, 1.82) is 0 Å². The summed E-state index contributed by atoms with van der Waals surface area (Å²) in [6.45, 7) is 4.41. The van der Waals surface area contributed by atoms with Crippen LogP contribution in [0.3, 0.4) is 0 Å². The monoisotopic (exact) mass is 375 g/mol. The summed E-state index contributed by atoms with van der Waals surface area (Å²) in [7, 11) is 0. The van der Waals surface area contributed by atoms with Gasteiger partial charge in [0.25, 0.3) is 5.56 Å². The zero-order valence-corrected chi connectivity index (χ0v) is 15.9. The largest absolute Gasteiger partial charge is 0.441 e. The Balaban J connectivity index is 1.86. The van der Waals surface area contributed by atoms with E-state index in [0.29, 0.717) is 41.2 Å². The normalized spacial score (nSPS) is 11.2. The molecule has 2 aromatic heterocycles. The first-order valence-electron chi connectivity index (χ1n) is 9.34. The predicted molar refractivity (Wildman–Crippen MR) is 109 cm³/mol. The second-order valence-corrected chi connectivity index (χ2v) is 6.73. The Hall–Kier alpha value is -3.41. The van der Waals surface area contributed by atoms with Gasteiger partial charge in [0, 0.05) is 12.1 Å². The molecule has 0 amide bonds. The summed E-state index contributed by atoms with van der Waals surface area (Å²) in [5.74, 6) is 1.18. The van der Waals surface area contributed by atoms with E-state index >= 15 is 0 Å². The van der Waals surface area contributed by atoms with Gasteiger partial charge in [0.1, 0.15) is 11.5 Å². The lowest BCUT2D eigenvalue weighted by atomic mass is 10.2. The van der Waals surface area contributed by atoms with Crippen molar-refractivity contribution in [3.63, 3.8) is 0 Å². The summed E-state index contributed by atoms with van der Waals surface area (Å²) in [6.07, 6.45) is 0.703. The van der Waals surface area contributed by atoms with Gasteiger partial charge in [-0.05, 0) is 37.6 Å². The molecule has 0 bridgehead atoms. The molecule has 6 nitrogen and oxygen atoms in total. The molecule has 0 spiro atoms. The van der Waals surface area contributed by atoms with Crippen LogP contribution in [0.4, 0.5) is 0 Å². The molecule has 4 aromatic rings. The molecular formula is C22H21N3O3. The number of oxazole rings is 1. The maximum Gasteiger partial charge on any atom is 0.331 e. The Bertz CT molecular complexity index is 1250. The Morgan fingerprint density at radius 3 is 2.43 bits per heavy atom. The van der Waals surface area contributed by atoms with Crippen LogP contribution < -0.4 is 11.2 Å². The van der Waals surface area contributed by atoms with E-state index in [0.717, 1.165) is 5.56 Å². The number of para-hydroxylation sites is 1. The molecule has 6 heteroatoms. The highest BCUT2D eigenvalue weighted by molar-refractivity contribution is 5.77. The van der Waals surface area contributed by atoms with Crippen LogP contribution in [0.25, 0.3) is 22.4 Å². The number of benzene rings is 2. The van der Waals surface area contributed by atoms with E-state index in [2.05, 4.69) is 4.98 Å². The minimum atomic E-state index is -0.325. The van der Waals surface area contributed by atoms with Gasteiger partial charge in [0.15, 0.2) is 0 Å². The van der Waals surface area contributed by atoms with Crippen molar-refractivity contribution in [2.45, 2.75) is 33.4 Å². The lowest BCUT2D eigenvalue weighted by Gasteiger charge is -2.13. The number of aromatic nitrogens is 3. The Kier molecular flexibility index (Phi) is 4.69. The molecular weight excluding hydrogens is 354 g/mol. The smallest absolute Gasteiger partial charge is 0.331 e. The van der Waals surface area contributed by atoms with Crippen LogP contribution in [-0.2, 0) is 13.1 Å². The van der Waals surface area contributed by atoms with E-state index in [4.69, 9.17) is 4.42 Å². The van der Waals surface area contributed by atoms with Gasteiger partial charge in [-0.2, -0.15) is 0 Å². The first-order valence-corrected chi connectivity index (χ1v) is 9.34. The minimum Gasteiger partial charge on any atom is -0.441 e. The van der Waals surface area contributed by atoms with Crippen molar-refractivity contribution in [3.05, 3.63) is 86.9 Å². The first kappa shape index (κ1) is 18.0. The van der Waals surface area contributed by atoms with Crippen molar-refractivity contribution in [2.24, 2.45) is 0 Å². The van der Waals surface area contributed by atoms with Crippen LogP contribution in [-0.4, -0.2) is 14.1 Å². The van der Waals surface area contributed by atoms with Gasteiger partial charge >= 0.3 is 5.69 Å². The number of fused-ring (bicyclic) bond motifs is 1. The third-order valence-electron chi connectivity index (χ3n) is 4.80. The average molecular weight is 375 g/mol. The number of hydrogen-bond acceptors (Lipinski definition) is 4. The minimum absolute atomic E-state index is 0.242. The molecule has 0 aliphatic heterocycles. The van der Waals surface area contributed by atoms with Crippen LogP contribution in [0.1, 0.15) is 24.8 Å². The Morgan fingerprint density at radius 1 is 0.964 bits per heavy atom. The van der Waals surface area contributed by atoms with Crippen LogP contribution in [0, 0.1) is 6.92 Å². The maximum atomic E-state index is 13.1. The number of nitrogens with zero attached hydrogens (tertiary/aromatic N) is 3. The van der Waals surface area contributed by atoms with Crippen molar-refractivity contribution in [2.75, 3.05) is 0 Å². The SMILES string of the molecule is CCCn1c(=O)c2ccccc2n(Cc2nc(-c3ccccc3)oc2C)c1=O. The molecule has 0 saturated carbocycles. The van der Waals surface area contributed by atoms with Crippen molar-refractivity contribution in [3.8, 4) is 11.5 Å². The number of rotatable bonds is 5. The van der Waals surface area contributed by atoms with Gasteiger partial charge in [-0.1, -0.05) is 37.3 Å². The Morgan fingerprint density at radius 2 is 1.68 bits per heavy atom. The van der Waals surface area contributed by atoms with Gasteiger partial charge < -0.3 is 4.42 Å². The quantitative estimate of drug-likeness (QED) is 0.535. The molecule has 142 valence electrons. The summed E-state index contributed by atoms with van der Waals surface area (Å²) in [6, 6.07) is 16.8. The highest BCUT2D eigenvalue weighted by atomic mass is 16.4.